The first-order valence-corrected chi connectivity index (χ1v) is 13.3. The average molecular weight is 484 g/mol. The van der Waals surface area contributed by atoms with Gasteiger partial charge in [0, 0.05) is 47.8 Å². The fourth-order valence-corrected chi connectivity index (χ4v) is 6.49. The van der Waals surface area contributed by atoms with Crippen LogP contribution in [0.2, 0.25) is 0 Å². The molecule has 0 saturated carbocycles. The zero-order chi connectivity index (χ0) is 22.6. The van der Waals surface area contributed by atoms with Gasteiger partial charge in [0.1, 0.15) is 5.82 Å². The number of nitrogens with one attached hydrogen (secondary N) is 1. The molecular formula is C26H30FN3OS2. The topological polar surface area (TPSA) is 35.6 Å². The standard InChI is InChI=1S/C26H28FN3OS2.H2/c27-20-8-9-21-22(18-32-24(21)17-20)30-13-5-12-29(14-15-30)11-4-3-10-28-26(31)25-16-19-6-1-2-7-23(19)33-25;/h1-2,6-9,16-18H,3-5,10-15H2,(H,28,31);1H. The summed E-state index contributed by atoms with van der Waals surface area (Å²) in [7, 11) is 0. The summed E-state index contributed by atoms with van der Waals surface area (Å²) in [6.07, 6.45) is 3.19. The van der Waals surface area contributed by atoms with Gasteiger partial charge in [-0.25, -0.2) is 4.39 Å². The second kappa shape index (κ2) is 10.2. The molecule has 4 aromatic rings. The minimum Gasteiger partial charge on any atom is -0.369 e. The zero-order valence-electron chi connectivity index (χ0n) is 18.6. The summed E-state index contributed by atoms with van der Waals surface area (Å²) in [5.41, 5.74) is 1.24. The molecule has 33 heavy (non-hydrogen) atoms. The number of unbranched alkanes of at least 4 members (excludes halogenated alkanes) is 1. The minimum atomic E-state index is -0.169. The number of halogens is 1. The van der Waals surface area contributed by atoms with E-state index >= 15 is 0 Å². The summed E-state index contributed by atoms with van der Waals surface area (Å²) in [4.78, 5) is 18.2. The summed E-state index contributed by atoms with van der Waals surface area (Å²) in [6, 6.07) is 15.2. The quantitative estimate of drug-likeness (QED) is 0.317. The summed E-state index contributed by atoms with van der Waals surface area (Å²) < 4.78 is 15.7. The molecule has 4 nitrogen and oxygen atoms in total. The number of benzene rings is 2. The number of nitrogens with zero attached hydrogens (tertiary/aromatic N) is 2. The predicted molar refractivity (Wildman–Crippen MR) is 141 cm³/mol. The van der Waals surface area contributed by atoms with E-state index in [0.717, 1.165) is 77.0 Å². The fourth-order valence-electron chi connectivity index (χ4n) is 4.51. The Bertz CT molecular complexity index is 1220. The van der Waals surface area contributed by atoms with Gasteiger partial charge in [-0.1, -0.05) is 18.2 Å². The summed E-state index contributed by atoms with van der Waals surface area (Å²) in [6.45, 7) is 5.93. The zero-order valence-corrected chi connectivity index (χ0v) is 20.2. The van der Waals surface area contributed by atoms with Crippen LogP contribution in [-0.2, 0) is 0 Å². The molecule has 0 atom stereocenters. The molecule has 2 aromatic carbocycles. The third kappa shape index (κ3) is 5.21. The number of carbonyl (C=O) groups excluding carboxylic acids is 1. The molecule has 1 aliphatic rings. The lowest BCUT2D eigenvalue weighted by atomic mass is 10.2. The molecule has 174 valence electrons. The molecule has 1 fully saturated rings. The van der Waals surface area contributed by atoms with Crippen molar-refractivity contribution in [1.29, 1.82) is 0 Å². The maximum Gasteiger partial charge on any atom is 0.261 e. The van der Waals surface area contributed by atoms with E-state index in [-0.39, 0.29) is 13.2 Å². The van der Waals surface area contributed by atoms with Crippen LogP contribution in [0.25, 0.3) is 20.2 Å². The van der Waals surface area contributed by atoms with Gasteiger partial charge in [-0.05, 0) is 68.1 Å². The number of rotatable bonds is 7. The smallest absolute Gasteiger partial charge is 0.261 e. The molecule has 0 spiro atoms. The lowest BCUT2D eigenvalue weighted by Gasteiger charge is -2.23. The molecule has 0 aliphatic carbocycles. The minimum absolute atomic E-state index is 0. The molecule has 1 saturated heterocycles. The highest BCUT2D eigenvalue weighted by Crippen LogP contribution is 2.34. The summed E-state index contributed by atoms with van der Waals surface area (Å²) >= 11 is 3.17. The van der Waals surface area contributed by atoms with Crippen molar-refractivity contribution in [3.63, 3.8) is 0 Å². The molecule has 1 aliphatic heterocycles. The van der Waals surface area contributed by atoms with E-state index in [1.165, 1.54) is 5.69 Å². The van der Waals surface area contributed by atoms with Crippen LogP contribution in [0, 0.1) is 5.82 Å². The van der Waals surface area contributed by atoms with Crippen molar-refractivity contribution in [2.24, 2.45) is 0 Å². The van der Waals surface area contributed by atoms with Crippen LogP contribution < -0.4 is 10.2 Å². The molecule has 5 rings (SSSR count). The van der Waals surface area contributed by atoms with E-state index in [4.69, 9.17) is 0 Å². The van der Waals surface area contributed by atoms with Crippen LogP contribution in [0.1, 0.15) is 30.4 Å². The number of carbonyl (C=O) groups is 1. The van der Waals surface area contributed by atoms with Gasteiger partial charge >= 0.3 is 0 Å². The second-order valence-electron chi connectivity index (χ2n) is 8.56. The number of anilines is 1. The summed E-state index contributed by atoms with van der Waals surface area (Å²) in [5, 5.41) is 7.53. The summed E-state index contributed by atoms with van der Waals surface area (Å²) in [5.74, 6) is -0.137. The van der Waals surface area contributed by atoms with Crippen molar-refractivity contribution >= 4 is 54.4 Å². The van der Waals surface area contributed by atoms with Crippen molar-refractivity contribution < 1.29 is 10.6 Å². The highest BCUT2D eigenvalue weighted by molar-refractivity contribution is 7.20. The van der Waals surface area contributed by atoms with Crippen molar-refractivity contribution in [1.82, 2.24) is 10.2 Å². The van der Waals surface area contributed by atoms with Crippen LogP contribution >= 0.6 is 22.7 Å². The van der Waals surface area contributed by atoms with Crippen LogP contribution in [0.3, 0.4) is 0 Å². The van der Waals surface area contributed by atoms with E-state index in [1.54, 1.807) is 34.8 Å². The predicted octanol–water partition coefficient (Wildman–Crippen LogP) is 6.22. The van der Waals surface area contributed by atoms with E-state index in [1.807, 2.05) is 30.3 Å². The van der Waals surface area contributed by atoms with Crippen molar-refractivity contribution in [2.75, 3.05) is 44.2 Å². The van der Waals surface area contributed by atoms with Gasteiger partial charge in [0.2, 0.25) is 0 Å². The molecule has 2 aromatic heterocycles. The fraction of sp³-hybridized carbons (Fsp3) is 0.346. The van der Waals surface area contributed by atoms with Gasteiger partial charge < -0.3 is 15.1 Å². The SMILES string of the molecule is O=C(NCCCCN1CCCN(c2csc3cc(F)ccc23)CC1)c1cc2ccccc2s1.[HH]. The Hall–Kier alpha value is -2.48. The molecular weight excluding hydrogens is 453 g/mol. The van der Waals surface area contributed by atoms with Crippen molar-refractivity contribution in [3.8, 4) is 0 Å². The van der Waals surface area contributed by atoms with Gasteiger partial charge in [-0.15, -0.1) is 22.7 Å². The molecule has 0 radical (unpaired) electrons. The Labute approximate surface area is 203 Å². The van der Waals surface area contributed by atoms with E-state index in [0.29, 0.717) is 6.54 Å². The Morgan fingerprint density at radius 1 is 1.03 bits per heavy atom. The van der Waals surface area contributed by atoms with E-state index in [9.17, 15) is 9.18 Å². The van der Waals surface area contributed by atoms with E-state index < -0.39 is 0 Å². The van der Waals surface area contributed by atoms with Crippen LogP contribution in [0.4, 0.5) is 10.1 Å². The Balaban J connectivity index is 0.00000274. The number of thiophene rings is 2. The third-order valence-electron chi connectivity index (χ3n) is 6.28. The van der Waals surface area contributed by atoms with Gasteiger partial charge in [0.05, 0.1) is 10.6 Å². The Morgan fingerprint density at radius 2 is 1.94 bits per heavy atom. The second-order valence-corrected chi connectivity index (χ2v) is 10.6. The highest BCUT2D eigenvalue weighted by Gasteiger charge is 2.18. The Morgan fingerprint density at radius 3 is 2.85 bits per heavy atom. The van der Waals surface area contributed by atoms with Crippen molar-refractivity contribution in [3.05, 3.63) is 64.6 Å². The first kappa shape index (κ1) is 22.3. The van der Waals surface area contributed by atoms with Crippen molar-refractivity contribution in [2.45, 2.75) is 19.3 Å². The first-order chi connectivity index (χ1) is 16.2. The Kier molecular flexibility index (Phi) is 6.90. The lowest BCUT2D eigenvalue weighted by Crippen LogP contribution is -2.31. The van der Waals surface area contributed by atoms with Crippen LogP contribution in [0.15, 0.2) is 53.9 Å². The lowest BCUT2D eigenvalue weighted by molar-refractivity contribution is 0.0956. The van der Waals surface area contributed by atoms with Gasteiger partial charge in [0.25, 0.3) is 5.91 Å². The number of amides is 1. The third-order valence-corrected chi connectivity index (χ3v) is 8.33. The largest absolute Gasteiger partial charge is 0.369 e. The molecule has 3 heterocycles. The van der Waals surface area contributed by atoms with Crippen LogP contribution in [0.5, 0.6) is 0 Å². The van der Waals surface area contributed by atoms with E-state index in [2.05, 4.69) is 26.6 Å². The molecule has 1 N–H and O–H groups in total. The maximum atomic E-state index is 13.5. The molecule has 1 amide bonds. The normalized spacial score (nSPS) is 15.2. The first-order valence-electron chi connectivity index (χ1n) is 11.6. The molecule has 0 bridgehead atoms. The number of hydrogen-bond donors (Lipinski definition) is 1. The average Bonchev–Trinajstić information content (AvgIpc) is 3.37. The van der Waals surface area contributed by atoms with Crippen LogP contribution in [-0.4, -0.2) is 50.1 Å². The highest BCUT2D eigenvalue weighted by atomic mass is 32.1. The maximum absolute atomic E-state index is 13.5. The monoisotopic (exact) mass is 483 g/mol. The van der Waals surface area contributed by atoms with Gasteiger partial charge in [0.15, 0.2) is 0 Å². The number of hydrogen-bond acceptors (Lipinski definition) is 5. The number of fused-ring (bicyclic) bond motifs is 2. The van der Waals surface area contributed by atoms with Gasteiger partial charge in [-0.2, -0.15) is 0 Å². The van der Waals surface area contributed by atoms with Gasteiger partial charge in [-0.3, -0.25) is 4.79 Å². The molecule has 7 heteroatoms. The molecule has 0 unspecified atom stereocenters.